The van der Waals surface area contributed by atoms with Gasteiger partial charge in [-0.3, -0.25) is 4.79 Å². The number of rotatable bonds is 5. The smallest absolute Gasteiger partial charge is 0.167 e. The van der Waals surface area contributed by atoms with E-state index in [2.05, 4.69) is 26.8 Å². The van der Waals surface area contributed by atoms with Gasteiger partial charge in [0.25, 0.3) is 0 Å². The molecular weight excluding hydrogens is 412 g/mol. The molecule has 0 amide bonds. The fourth-order valence-corrected chi connectivity index (χ4v) is 4.92. The number of carbonyl (C=O) groups excluding carboxylic acids is 1. The zero-order valence-corrected chi connectivity index (χ0v) is 19.5. The van der Waals surface area contributed by atoms with Crippen molar-refractivity contribution in [3.8, 4) is 11.5 Å². The Bertz CT molecular complexity index is 1090. The third kappa shape index (κ3) is 5.22. The van der Waals surface area contributed by atoms with Crippen LogP contribution in [0.2, 0.25) is 0 Å². The second-order valence-electron chi connectivity index (χ2n) is 9.51. The first-order valence-corrected chi connectivity index (χ1v) is 11.7. The van der Waals surface area contributed by atoms with Gasteiger partial charge < -0.3 is 14.9 Å². The Hall–Kier alpha value is -3.27. The van der Waals surface area contributed by atoms with Crippen molar-refractivity contribution in [3.63, 3.8) is 0 Å². The van der Waals surface area contributed by atoms with Crippen LogP contribution in [0, 0.1) is 17.8 Å². The molecule has 2 aliphatic rings. The van der Waals surface area contributed by atoms with Gasteiger partial charge in [-0.25, -0.2) is 0 Å². The van der Waals surface area contributed by atoms with Crippen molar-refractivity contribution in [2.24, 2.45) is 17.8 Å². The highest BCUT2D eigenvalue weighted by atomic mass is 16.5. The van der Waals surface area contributed by atoms with E-state index in [1.807, 2.05) is 24.3 Å². The third-order valence-electron chi connectivity index (χ3n) is 6.78. The predicted molar refractivity (Wildman–Crippen MR) is 131 cm³/mol. The molecule has 1 aliphatic carbocycles. The van der Waals surface area contributed by atoms with Crippen molar-refractivity contribution in [2.45, 2.75) is 46.1 Å². The number of hydrogen-bond acceptors (Lipinski definition) is 4. The van der Waals surface area contributed by atoms with Gasteiger partial charge >= 0.3 is 0 Å². The minimum Gasteiger partial charge on any atom is -0.508 e. The first-order chi connectivity index (χ1) is 15.8. The molecule has 0 fully saturated rings. The fraction of sp³-hybridized carbons (Fsp3) is 0.345. The molecule has 2 aromatic carbocycles. The first-order valence-electron chi connectivity index (χ1n) is 11.7. The van der Waals surface area contributed by atoms with Gasteiger partial charge in [-0.2, -0.15) is 0 Å². The minimum absolute atomic E-state index is 0.0338. The molecule has 0 bridgehead atoms. The van der Waals surface area contributed by atoms with Gasteiger partial charge in [0.05, 0.1) is 6.42 Å². The molecule has 4 heteroatoms. The van der Waals surface area contributed by atoms with Crippen molar-refractivity contribution < 1.29 is 19.7 Å². The number of ether oxygens (including phenoxy) is 1. The van der Waals surface area contributed by atoms with E-state index >= 15 is 0 Å². The average Bonchev–Trinajstić information content (AvgIpc) is 2.78. The zero-order valence-electron chi connectivity index (χ0n) is 19.5. The van der Waals surface area contributed by atoms with Crippen LogP contribution < -0.4 is 0 Å². The maximum atomic E-state index is 13.6. The van der Waals surface area contributed by atoms with E-state index < -0.39 is 6.10 Å². The molecule has 0 saturated heterocycles. The molecule has 4 rings (SSSR count). The predicted octanol–water partition coefficient (Wildman–Crippen LogP) is 6.72. The molecule has 4 nitrogen and oxygen atoms in total. The summed E-state index contributed by atoms with van der Waals surface area (Å²) in [5.74, 6) is 2.01. The third-order valence-corrected chi connectivity index (χ3v) is 6.78. The minimum atomic E-state index is -0.396. The van der Waals surface area contributed by atoms with Crippen molar-refractivity contribution in [1.29, 1.82) is 0 Å². The lowest BCUT2D eigenvalue weighted by Crippen LogP contribution is -2.31. The topological polar surface area (TPSA) is 66.8 Å². The summed E-state index contributed by atoms with van der Waals surface area (Å²) in [5, 5.41) is 19.2. The summed E-state index contributed by atoms with van der Waals surface area (Å²) in [6, 6.07) is 13.8. The highest BCUT2D eigenvalue weighted by Gasteiger charge is 2.38. The number of phenolic OH excluding ortho intramolecular Hbond substituents is 2. The van der Waals surface area contributed by atoms with Gasteiger partial charge in [-0.05, 0) is 73.1 Å². The molecule has 172 valence electrons. The number of phenols is 2. The highest BCUT2D eigenvalue weighted by molar-refractivity contribution is 5.98. The molecule has 0 radical (unpaired) electrons. The van der Waals surface area contributed by atoms with E-state index in [4.69, 9.17) is 4.74 Å². The molecule has 33 heavy (non-hydrogen) atoms. The highest BCUT2D eigenvalue weighted by Crippen LogP contribution is 2.44. The number of ketones is 1. The Morgan fingerprint density at radius 1 is 0.970 bits per heavy atom. The van der Waals surface area contributed by atoms with Crippen molar-refractivity contribution in [3.05, 3.63) is 88.7 Å². The van der Waals surface area contributed by atoms with E-state index in [0.717, 1.165) is 29.5 Å². The lowest BCUT2D eigenvalue weighted by molar-refractivity contribution is -0.120. The van der Waals surface area contributed by atoms with Gasteiger partial charge in [-0.15, -0.1) is 0 Å². The SMILES string of the molecule is CC1=C[C@H](C2=C(/C=C/c3ccc(O)cc3)OC(c3ccc(O)cc3)CC2=O)[C@@H](C(C)C)CC1. The van der Waals surface area contributed by atoms with Gasteiger partial charge in [0, 0.05) is 11.5 Å². The molecule has 1 heterocycles. The summed E-state index contributed by atoms with van der Waals surface area (Å²) in [6.07, 6.45) is 8.10. The van der Waals surface area contributed by atoms with Crippen molar-refractivity contribution in [2.75, 3.05) is 0 Å². The van der Waals surface area contributed by atoms with Crippen molar-refractivity contribution >= 4 is 11.9 Å². The Morgan fingerprint density at radius 2 is 1.61 bits per heavy atom. The van der Waals surface area contributed by atoms with E-state index in [1.165, 1.54) is 5.57 Å². The van der Waals surface area contributed by atoms with Gasteiger partial charge in [0.2, 0.25) is 0 Å². The molecule has 2 aromatic rings. The maximum absolute atomic E-state index is 13.6. The Balaban J connectivity index is 1.77. The van der Waals surface area contributed by atoms with E-state index in [9.17, 15) is 15.0 Å². The van der Waals surface area contributed by atoms with Crippen LogP contribution in [0.15, 0.2) is 77.6 Å². The number of benzene rings is 2. The van der Waals surface area contributed by atoms with E-state index in [1.54, 1.807) is 36.4 Å². The largest absolute Gasteiger partial charge is 0.508 e. The van der Waals surface area contributed by atoms with E-state index in [-0.39, 0.29) is 29.6 Å². The summed E-state index contributed by atoms with van der Waals surface area (Å²) < 4.78 is 6.47. The molecule has 0 spiro atoms. The van der Waals surface area contributed by atoms with Crippen molar-refractivity contribution in [1.82, 2.24) is 0 Å². The average molecular weight is 445 g/mol. The van der Waals surface area contributed by atoms with Gasteiger partial charge in [-0.1, -0.05) is 55.8 Å². The maximum Gasteiger partial charge on any atom is 0.167 e. The summed E-state index contributed by atoms with van der Waals surface area (Å²) in [4.78, 5) is 13.6. The second kappa shape index (κ2) is 9.70. The van der Waals surface area contributed by atoms with Crippen LogP contribution in [-0.4, -0.2) is 16.0 Å². The summed E-state index contributed by atoms with van der Waals surface area (Å²) in [7, 11) is 0. The lowest BCUT2D eigenvalue weighted by Gasteiger charge is -2.37. The van der Waals surface area contributed by atoms with Crippen LogP contribution in [0.3, 0.4) is 0 Å². The lowest BCUT2D eigenvalue weighted by atomic mass is 9.70. The Labute approximate surface area is 195 Å². The normalized spacial score (nSPS) is 23.7. The van der Waals surface area contributed by atoms with E-state index in [0.29, 0.717) is 17.6 Å². The molecule has 0 saturated carbocycles. The van der Waals surface area contributed by atoms with Crippen LogP contribution in [0.5, 0.6) is 11.5 Å². The number of hydrogen-bond donors (Lipinski definition) is 2. The van der Waals surface area contributed by atoms with Crippen LogP contribution in [0.4, 0.5) is 0 Å². The molecule has 2 N–H and O–H groups in total. The van der Waals surface area contributed by atoms with Gasteiger partial charge in [0.1, 0.15) is 23.4 Å². The molecule has 3 atom stereocenters. The summed E-state index contributed by atoms with van der Waals surface area (Å²) in [6.45, 7) is 6.60. The summed E-state index contributed by atoms with van der Waals surface area (Å²) in [5.41, 5.74) is 3.86. The number of allylic oxidation sites excluding steroid dienone is 4. The number of aromatic hydroxyl groups is 2. The standard InChI is InChI=1S/C29H32O4/c1-18(2)24-14-4-19(3)16-25(24)29-26(32)17-28(21-8-12-23(31)13-9-21)33-27(29)15-7-20-5-10-22(30)11-6-20/h5-13,15-16,18,24-25,28,30-31H,4,14,17H2,1-3H3/b15-7+/t24-,25+,28?/m1/s1. The molecular formula is C29H32O4. The fourth-order valence-electron chi connectivity index (χ4n) is 4.92. The molecule has 1 aliphatic heterocycles. The van der Waals surface area contributed by atoms with Gasteiger partial charge in [0.15, 0.2) is 5.78 Å². The first kappa shape index (κ1) is 22.9. The van der Waals surface area contributed by atoms with Crippen LogP contribution in [-0.2, 0) is 9.53 Å². The monoisotopic (exact) mass is 444 g/mol. The second-order valence-corrected chi connectivity index (χ2v) is 9.51. The number of Topliss-reactive ketones (excluding diaryl/α,β-unsaturated/α-hetero) is 1. The Kier molecular flexibility index (Phi) is 6.73. The van der Waals surface area contributed by atoms with Crippen LogP contribution in [0.1, 0.15) is 57.3 Å². The number of carbonyl (C=O) groups is 1. The quantitative estimate of drug-likeness (QED) is 0.502. The molecule has 1 unspecified atom stereocenters. The van der Waals surface area contributed by atoms with Crippen LogP contribution >= 0.6 is 0 Å². The summed E-state index contributed by atoms with van der Waals surface area (Å²) >= 11 is 0. The van der Waals surface area contributed by atoms with Crippen LogP contribution in [0.25, 0.3) is 6.08 Å². The zero-order chi connectivity index (χ0) is 23.5. The molecule has 0 aromatic heterocycles. The Morgan fingerprint density at radius 3 is 2.24 bits per heavy atom.